The highest BCUT2D eigenvalue weighted by atomic mass is 35.5. The van der Waals surface area contributed by atoms with Crippen LogP contribution in [0.5, 0.6) is 0 Å². The number of benzene rings is 3. The number of rotatable bonds is 5. The Bertz CT molecular complexity index is 1040. The molecular weight excluding hydrogens is 507 g/mol. The normalized spacial score (nSPS) is 11.3. The Labute approximate surface area is 202 Å². The number of urea groups is 1. The summed E-state index contributed by atoms with van der Waals surface area (Å²) in [6, 6.07) is 13.4. The third-order valence-corrected chi connectivity index (χ3v) is 5.97. The number of carbonyl (C=O) groups is 1. The van der Waals surface area contributed by atoms with Crippen molar-refractivity contribution in [2.24, 2.45) is 0 Å². The van der Waals surface area contributed by atoms with Crippen LogP contribution in [0.25, 0.3) is 0 Å². The van der Waals surface area contributed by atoms with Crippen molar-refractivity contribution in [2.75, 3.05) is 5.32 Å². The molecule has 0 aliphatic heterocycles. The van der Waals surface area contributed by atoms with Crippen LogP contribution >= 0.6 is 46.4 Å². The van der Waals surface area contributed by atoms with Gasteiger partial charge in [0.25, 0.3) is 0 Å². The summed E-state index contributed by atoms with van der Waals surface area (Å²) >= 11 is 25.0. The van der Waals surface area contributed by atoms with E-state index in [1.165, 1.54) is 17.0 Å². The van der Waals surface area contributed by atoms with Crippen molar-refractivity contribution in [2.45, 2.75) is 19.3 Å². The van der Waals surface area contributed by atoms with Crippen LogP contribution in [-0.4, -0.2) is 10.9 Å². The summed E-state index contributed by atoms with van der Waals surface area (Å²) in [4.78, 5) is 14.4. The van der Waals surface area contributed by atoms with Gasteiger partial charge in [-0.1, -0.05) is 64.6 Å². The lowest BCUT2D eigenvalue weighted by Gasteiger charge is -2.25. The molecule has 3 rings (SSSR count). The average molecular weight is 522 g/mol. The predicted molar refractivity (Wildman–Crippen MR) is 123 cm³/mol. The van der Waals surface area contributed by atoms with Gasteiger partial charge in [0, 0.05) is 36.9 Å². The maximum Gasteiger partial charge on any atom is 0.416 e. The van der Waals surface area contributed by atoms with E-state index in [-0.39, 0.29) is 18.8 Å². The van der Waals surface area contributed by atoms with E-state index < -0.39 is 17.8 Å². The maximum atomic E-state index is 13.1. The van der Waals surface area contributed by atoms with Crippen LogP contribution in [0, 0.1) is 0 Å². The molecule has 0 aliphatic carbocycles. The van der Waals surface area contributed by atoms with Crippen LogP contribution < -0.4 is 5.32 Å². The van der Waals surface area contributed by atoms with Gasteiger partial charge in [-0.05, 0) is 42.5 Å². The molecule has 0 heterocycles. The molecule has 0 bridgehead atoms. The number of carbonyl (C=O) groups excluding carboxylic acids is 1. The Morgan fingerprint density at radius 2 is 1.22 bits per heavy atom. The van der Waals surface area contributed by atoms with E-state index in [0.717, 1.165) is 12.1 Å². The summed E-state index contributed by atoms with van der Waals surface area (Å²) < 4.78 is 39.1. The SMILES string of the molecule is O=C(Nc1cccc(C(F)(F)F)c1)N(Cc1c(Cl)cccc1Cl)Cc1c(Cl)cccc1Cl. The summed E-state index contributed by atoms with van der Waals surface area (Å²) in [6.45, 7) is -0.0737. The van der Waals surface area contributed by atoms with Crippen LogP contribution in [0.2, 0.25) is 20.1 Å². The van der Waals surface area contributed by atoms with Crippen molar-refractivity contribution in [3.63, 3.8) is 0 Å². The lowest BCUT2D eigenvalue weighted by molar-refractivity contribution is -0.137. The molecule has 3 nitrogen and oxygen atoms in total. The van der Waals surface area contributed by atoms with Crippen LogP contribution in [0.3, 0.4) is 0 Å². The summed E-state index contributed by atoms with van der Waals surface area (Å²) in [5.41, 5.74) is 0.0342. The summed E-state index contributed by atoms with van der Waals surface area (Å²) in [5.74, 6) is 0. The highest BCUT2D eigenvalue weighted by Gasteiger charge is 2.30. The van der Waals surface area contributed by atoms with Crippen LogP contribution in [0.4, 0.5) is 23.7 Å². The minimum absolute atomic E-state index is 0.0228. The number of hydrogen-bond acceptors (Lipinski definition) is 1. The average Bonchev–Trinajstić information content (AvgIpc) is 2.71. The van der Waals surface area contributed by atoms with Crippen molar-refractivity contribution in [3.05, 3.63) is 97.4 Å². The second-order valence-corrected chi connectivity index (χ2v) is 8.39. The molecular formula is C22H15Cl4F3N2O. The number of anilines is 1. The van der Waals surface area contributed by atoms with Crippen LogP contribution in [0.1, 0.15) is 16.7 Å². The van der Waals surface area contributed by atoms with E-state index >= 15 is 0 Å². The third-order valence-electron chi connectivity index (χ3n) is 4.55. The molecule has 0 fully saturated rings. The first-order valence-corrected chi connectivity index (χ1v) is 10.7. The third kappa shape index (κ3) is 6.01. The van der Waals surface area contributed by atoms with Gasteiger partial charge in [0.2, 0.25) is 0 Å². The van der Waals surface area contributed by atoms with Gasteiger partial charge >= 0.3 is 12.2 Å². The zero-order chi connectivity index (χ0) is 23.5. The van der Waals surface area contributed by atoms with Crippen molar-refractivity contribution in [3.8, 4) is 0 Å². The topological polar surface area (TPSA) is 32.3 Å². The number of amides is 2. The largest absolute Gasteiger partial charge is 0.416 e. The fourth-order valence-electron chi connectivity index (χ4n) is 2.92. The van der Waals surface area contributed by atoms with Gasteiger partial charge in [0.05, 0.1) is 18.7 Å². The van der Waals surface area contributed by atoms with Crippen LogP contribution in [-0.2, 0) is 19.3 Å². The van der Waals surface area contributed by atoms with E-state index in [1.54, 1.807) is 36.4 Å². The molecule has 3 aromatic carbocycles. The van der Waals surface area contributed by atoms with Gasteiger partial charge < -0.3 is 10.2 Å². The van der Waals surface area contributed by atoms with Crippen LogP contribution in [0.15, 0.2) is 60.7 Å². The van der Waals surface area contributed by atoms with Crippen molar-refractivity contribution >= 4 is 58.1 Å². The molecule has 3 aromatic rings. The van der Waals surface area contributed by atoms with Gasteiger partial charge in [0.1, 0.15) is 0 Å². The van der Waals surface area contributed by atoms with E-state index in [2.05, 4.69) is 5.32 Å². The molecule has 32 heavy (non-hydrogen) atoms. The van der Waals surface area contributed by atoms with E-state index in [0.29, 0.717) is 31.2 Å². The Hall–Kier alpha value is -2.12. The van der Waals surface area contributed by atoms with Gasteiger partial charge in [0.15, 0.2) is 0 Å². The van der Waals surface area contributed by atoms with E-state index in [4.69, 9.17) is 46.4 Å². The zero-order valence-electron chi connectivity index (χ0n) is 16.2. The predicted octanol–water partition coefficient (Wildman–Crippen LogP) is 8.55. The molecule has 0 unspecified atom stereocenters. The monoisotopic (exact) mass is 520 g/mol. The molecule has 0 aromatic heterocycles. The molecule has 168 valence electrons. The number of nitrogens with zero attached hydrogens (tertiary/aromatic N) is 1. The zero-order valence-corrected chi connectivity index (χ0v) is 19.2. The lowest BCUT2D eigenvalue weighted by atomic mass is 10.1. The molecule has 0 atom stereocenters. The first kappa shape index (κ1) is 24.5. The Balaban J connectivity index is 1.94. The lowest BCUT2D eigenvalue weighted by Crippen LogP contribution is -2.34. The minimum Gasteiger partial charge on any atom is -0.316 e. The smallest absolute Gasteiger partial charge is 0.316 e. The fraction of sp³-hybridized carbons (Fsp3) is 0.136. The van der Waals surface area contributed by atoms with E-state index in [1.807, 2.05) is 0 Å². The molecule has 0 saturated carbocycles. The standard InChI is InChI=1S/C22H15Cl4F3N2O/c23-17-6-2-7-18(24)15(17)11-31(12-16-19(25)8-3-9-20(16)26)21(32)30-14-5-1-4-13(10-14)22(27,28)29/h1-10H,11-12H2,(H,30,32). The van der Waals surface area contributed by atoms with Crippen molar-refractivity contribution < 1.29 is 18.0 Å². The van der Waals surface area contributed by atoms with Gasteiger partial charge in [-0.25, -0.2) is 4.79 Å². The molecule has 10 heteroatoms. The Morgan fingerprint density at radius 3 is 1.66 bits per heavy atom. The summed E-state index contributed by atoms with van der Waals surface area (Å²) in [6.07, 6.45) is -4.55. The van der Waals surface area contributed by atoms with E-state index in [9.17, 15) is 18.0 Å². The van der Waals surface area contributed by atoms with Crippen molar-refractivity contribution in [1.82, 2.24) is 4.90 Å². The highest BCUT2D eigenvalue weighted by Crippen LogP contribution is 2.32. The second-order valence-electron chi connectivity index (χ2n) is 6.77. The number of alkyl halides is 3. The van der Waals surface area contributed by atoms with Gasteiger partial charge in [-0.15, -0.1) is 0 Å². The maximum absolute atomic E-state index is 13.1. The van der Waals surface area contributed by atoms with Gasteiger partial charge in [-0.3, -0.25) is 0 Å². The summed E-state index contributed by atoms with van der Waals surface area (Å²) in [7, 11) is 0. The molecule has 0 spiro atoms. The summed E-state index contributed by atoms with van der Waals surface area (Å²) in [5, 5.41) is 3.82. The molecule has 2 amide bonds. The molecule has 0 radical (unpaired) electrons. The fourth-order valence-corrected chi connectivity index (χ4v) is 3.96. The Kier molecular flexibility index (Phi) is 7.83. The van der Waals surface area contributed by atoms with Crippen molar-refractivity contribution in [1.29, 1.82) is 0 Å². The first-order chi connectivity index (χ1) is 15.1. The van der Waals surface area contributed by atoms with Gasteiger partial charge in [-0.2, -0.15) is 13.2 Å². The number of nitrogens with one attached hydrogen (secondary N) is 1. The Morgan fingerprint density at radius 1 is 0.781 bits per heavy atom. The molecule has 0 saturated heterocycles. The quantitative estimate of drug-likeness (QED) is 0.358. The number of hydrogen-bond donors (Lipinski definition) is 1. The second kappa shape index (κ2) is 10.2. The minimum atomic E-state index is -4.55. The molecule has 0 aliphatic rings. The number of halogens is 7. The first-order valence-electron chi connectivity index (χ1n) is 9.15. The molecule has 1 N–H and O–H groups in total. The highest BCUT2D eigenvalue weighted by molar-refractivity contribution is 6.36.